The minimum absolute atomic E-state index is 0.0181. The van der Waals surface area contributed by atoms with Crippen LogP contribution in [0.25, 0.3) is 0 Å². The Hall–Kier alpha value is -1.71. The molecule has 108 valence electrons. The van der Waals surface area contributed by atoms with Gasteiger partial charge in [-0.3, -0.25) is 4.79 Å². The van der Waals surface area contributed by atoms with Gasteiger partial charge in [-0.05, 0) is 43.3 Å². The van der Waals surface area contributed by atoms with E-state index < -0.39 is 6.08 Å². The first-order valence-electron chi connectivity index (χ1n) is 8.99. The molecule has 4 heteroatoms. The maximum Gasteiger partial charge on any atom is 0.220 e. The maximum atomic E-state index is 11.5. The topological polar surface area (TPSA) is 47.6 Å². The molecule has 1 amide bonds. The van der Waals surface area contributed by atoms with Crippen molar-refractivity contribution in [2.45, 2.75) is 44.1 Å². The van der Waals surface area contributed by atoms with Crippen LogP contribution in [0, 0.1) is 0 Å². The van der Waals surface area contributed by atoms with E-state index in [2.05, 4.69) is 5.32 Å². The van der Waals surface area contributed by atoms with E-state index >= 15 is 0 Å². The highest BCUT2D eigenvalue weighted by Crippen LogP contribution is 2.35. The van der Waals surface area contributed by atoms with Crippen LogP contribution in [0.5, 0.6) is 11.5 Å². The number of ether oxygens (including phenoxy) is 2. The van der Waals surface area contributed by atoms with Gasteiger partial charge < -0.3 is 14.8 Å². The van der Waals surface area contributed by atoms with Gasteiger partial charge in [0.15, 0.2) is 11.5 Å². The van der Waals surface area contributed by atoms with Crippen molar-refractivity contribution in [3.05, 3.63) is 23.7 Å². The molecule has 2 aliphatic rings. The Balaban J connectivity index is 2.09. The molecule has 1 aliphatic heterocycles. The molecule has 0 bridgehead atoms. The summed E-state index contributed by atoms with van der Waals surface area (Å²) in [5.74, 6) is -0.397. The Morgan fingerprint density at radius 2 is 2.15 bits per heavy atom. The van der Waals surface area contributed by atoms with Gasteiger partial charge >= 0.3 is 0 Å². The van der Waals surface area contributed by atoms with Gasteiger partial charge in [0.1, 0.15) is 0 Å². The molecule has 1 saturated heterocycles. The van der Waals surface area contributed by atoms with Crippen LogP contribution in [0.4, 0.5) is 0 Å². The Kier molecular flexibility index (Phi) is 2.66. The van der Waals surface area contributed by atoms with Crippen molar-refractivity contribution in [1.29, 1.82) is 0 Å². The molecule has 1 saturated carbocycles. The lowest BCUT2D eigenvalue weighted by atomic mass is 9.98. The lowest BCUT2D eigenvalue weighted by Crippen LogP contribution is -2.14. The fourth-order valence-corrected chi connectivity index (χ4v) is 2.64. The van der Waals surface area contributed by atoms with Gasteiger partial charge in [0, 0.05) is 18.9 Å². The number of methoxy groups -OCH3 is 1. The molecule has 2 fully saturated rings. The van der Waals surface area contributed by atoms with E-state index in [4.69, 9.17) is 15.0 Å². The SMILES string of the molecule is [2H]c1c([2H])c(C2CNC(=O)C2)c([2H])c(OC2([2H])CCCC2)c1OC. The van der Waals surface area contributed by atoms with Crippen LogP contribution >= 0.6 is 0 Å². The summed E-state index contributed by atoms with van der Waals surface area (Å²) in [6.07, 6.45) is 1.96. The maximum absolute atomic E-state index is 11.5. The first kappa shape index (κ1) is 9.27. The highest BCUT2D eigenvalue weighted by Gasteiger charge is 2.25. The number of amides is 1. The third kappa shape index (κ3) is 2.74. The molecule has 1 unspecified atom stereocenters. The van der Waals surface area contributed by atoms with Crippen LogP contribution < -0.4 is 14.8 Å². The molecule has 4 nitrogen and oxygen atoms in total. The summed E-state index contributed by atoms with van der Waals surface area (Å²) in [6, 6.07) is -0.330. The molecule has 1 aromatic carbocycles. The predicted molar refractivity (Wildman–Crippen MR) is 76.2 cm³/mol. The second-order valence-corrected chi connectivity index (χ2v) is 5.20. The highest BCUT2D eigenvalue weighted by atomic mass is 16.5. The van der Waals surface area contributed by atoms with E-state index in [-0.39, 0.29) is 47.9 Å². The van der Waals surface area contributed by atoms with Gasteiger partial charge in [-0.25, -0.2) is 0 Å². The number of hydrogen-bond acceptors (Lipinski definition) is 3. The molecular formula is C16H21NO3. The molecule has 1 aromatic rings. The van der Waals surface area contributed by atoms with Gasteiger partial charge in [0.05, 0.1) is 18.7 Å². The summed E-state index contributed by atoms with van der Waals surface area (Å²) >= 11 is 0. The standard InChI is InChI=1S/C16H21NO3/c1-19-14-7-6-11(12-9-16(18)17-10-12)8-15(14)20-13-4-2-3-5-13/h6-8,12-13H,2-5,9-10H2,1H3,(H,17,18)/i6D,7D,8D,13D. The van der Waals surface area contributed by atoms with Crippen molar-refractivity contribution in [2.75, 3.05) is 13.7 Å². The van der Waals surface area contributed by atoms with E-state index in [9.17, 15) is 4.79 Å². The van der Waals surface area contributed by atoms with Crippen LogP contribution in [-0.2, 0) is 4.79 Å². The van der Waals surface area contributed by atoms with E-state index in [1.165, 1.54) is 7.11 Å². The zero-order chi connectivity index (χ0) is 17.5. The number of rotatable bonds is 4. The van der Waals surface area contributed by atoms with E-state index in [1.54, 1.807) is 0 Å². The molecule has 0 radical (unpaired) electrons. The van der Waals surface area contributed by atoms with Gasteiger partial charge in [0.2, 0.25) is 5.91 Å². The van der Waals surface area contributed by atoms with Crippen LogP contribution in [0.1, 0.15) is 49.1 Å². The Morgan fingerprint density at radius 3 is 2.80 bits per heavy atom. The third-order valence-electron chi connectivity index (χ3n) is 3.76. The molecule has 1 N–H and O–H groups in total. The molecule has 1 atom stereocenters. The summed E-state index contributed by atoms with van der Waals surface area (Å²) in [6.45, 7) is 0.341. The summed E-state index contributed by atoms with van der Waals surface area (Å²) in [7, 11) is 1.37. The summed E-state index contributed by atoms with van der Waals surface area (Å²) in [5, 5.41) is 2.69. The van der Waals surface area contributed by atoms with Crippen molar-refractivity contribution >= 4 is 5.91 Å². The predicted octanol–water partition coefficient (Wildman–Crippen LogP) is 2.62. The smallest absolute Gasteiger partial charge is 0.220 e. The van der Waals surface area contributed by atoms with E-state index in [1.807, 2.05) is 0 Å². The van der Waals surface area contributed by atoms with Crippen molar-refractivity contribution in [1.82, 2.24) is 5.32 Å². The second-order valence-electron chi connectivity index (χ2n) is 5.20. The van der Waals surface area contributed by atoms with Crippen molar-refractivity contribution < 1.29 is 19.8 Å². The van der Waals surface area contributed by atoms with Gasteiger partial charge in [0.25, 0.3) is 0 Å². The first-order valence-corrected chi connectivity index (χ1v) is 6.99. The van der Waals surface area contributed by atoms with Crippen LogP contribution in [0.15, 0.2) is 18.1 Å². The third-order valence-corrected chi connectivity index (χ3v) is 3.76. The lowest BCUT2D eigenvalue weighted by molar-refractivity contribution is -0.119. The quantitative estimate of drug-likeness (QED) is 0.921. The molecule has 0 aromatic heterocycles. The summed E-state index contributed by atoms with van der Waals surface area (Å²) in [5.41, 5.74) is 0.316. The highest BCUT2D eigenvalue weighted by molar-refractivity contribution is 5.79. The van der Waals surface area contributed by atoms with Crippen molar-refractivity contribution in [3.8, 4) is 11.5 Å². The molecule has 3 rings (SSSR count). The zero-order valence-electron chi connectivity index (χ0n) is 15.5. The fourth-order valence-electron chi connectivity index (χ4n) is 2.64. The molecular weight excluding hydrogens is 254 g/mol. The fraction of sp³-hybridized carbons (Fsp3) is 0.562. The minimum Gasteiger partial charge on any atom is -0.493 e. The van der Waals surface area contributed by atoms with Crippen molar-refractivity contribution in [2.24, 2.45) is 0 Å². The second kappa shape index (κ2) is 5.73. The summed E-state index contributed by atoms with van der Waals surface area (Å²) in [4.78, 5) is 11.5. The number of carbonyl (C=O) groups is 1. The summed E-state index contributed by atoms with van der Waals surface area (Å²) < 4.78 is 44.3. The first-order chi connectivity index (χ1) is 11.4. The Morgan fingerprint density at radius 1 is 1.35 bits per heavy atom. The van der Waals surface area contributed by atoms with E-state index in [0.29, 0.717) is 24.9 Å². The number of nitrogens with one attached hydrogen (secondary N) is 1. The normalized spacial score (nSPS) is 27.2. The van der Waals surface area contributed by atoms with E-state index in [0.717, 1.165) is 12.8 Å². The monoisotopic (exact) mass is 279 g/mol. The molecule has 1 aliphatic carbocycles. The van der Waals surface area contributed by atoms with Gasteiger partial charge in [-0.1, -0.05) is 6.04 Å². The largest absolute Gasteiger partial charge is 0.493 e. The van der Waals surface area contributed by atoms with Gasteiger partial charge in [-0.15, -0.1) is 0 Å². The average Bonchev–Trinajstić information content (AvgIpc) is 3.15. The van der Waals surface area contributed by atoms with Crippen LogP contribution in [0.2, 0.25) is 0 Å². The van der Waals surface area contributed by atoms with Gasteiger partial charge in [-0.2, -0.15) is 0 Å². The molecule has 0 spiro atoms. The molecule has 20 heavy (non-hydrogen) atoms. The Bertz CT molecular complexity index is 674. The molecule has 1 heterocycles. The Labute approximate surface area is 125 Å². The zero-order valence-corrected chi connectivity index (χ0v) is 11.5. The number of carbonyl (C=O) groups excluding carboxylic acids is 1. The minimum atomic E-state index is -1.12. The average molecular weight is 279 g/mol. The number of hydrogen-bond donors (Lipinski definition) is 1. The lowest BCUT2D eigenvalue weighted by Gasteiger charge is -2.18. The van der Waals surface area contributed by atoms with Crippen LogP contribution in [-0.4, -0.2) is 25.6 Å². The number of benzene rings is 1. The van der Waals surface area contributed by atoms with Crippen LogP contribution in [0.3, 0.4) is 0 Å². The van der Waals surface area contributed by atoms with Crippen molar-refractivity contribution in [3.63, 3.8) is 0 Å².